The molecular weight excluding hydrogens is 148 g/mol. The molecule has 0 unspecified atom stereocenters. The first kappa shape index (κ1) is 9.27. The fourth-order valence-corrected chi connectivity index (χ4v) is 0.759. The maximum absolute atomic E-state index is 8.17. The van der Waals surface area contributed by atoms with Gasteiger partial charge in [0, 0.05) is 14.1 Å². The van der Waals surface area contributed by atoms with E-state index in [1.165, 1.54) is 11.8 Å². The number of hydrogen-bond donors (Lipinski definition) is 1. The lowest BCUT2D eigenvalue weighted by molar-refractivity contribution is 0.366. The van der Waals surface area contributed by atoms with E-state index < -0.39 is 0 Å². The topological polar surface area (TPSA) is 51.4 Å². The number of hydrogen-bond acceptors (Lipinski definition) is 4. The standard InChI is InChI=1S/C5H10N4S/c1-9(2)8-5(10-3)7-4-6/h1-3H3,(H,7,8). The van der Waals surface area contributed by atoms with Crippen LogP contribution in [0.2, 0.25) is 0 Å². The first-order valence-corrected chi connectivity index (χ1v) is 3.88. The Hall–Kier alpha value is -0.730. The first-order chi connectivity index (χ1) is 4.70. The monoisotopic (exact) mass is 158 g/mol. The molecule has 0 aliphatic carbocycles. The van der Waals surface area contributed by atoms with Crippen LogP contribution in [0.4, 0.5) is 0 Å². The highest BCUT2D eigenvalue weighted by atomic mass is 32.2. The molecule has 1 N–H and O–H groups in total. The molecule has 0 amide bonds. The minimum atomic E-state index is 0.604. The van der Waals surface area contributed by atoms with E-state index in [1.807, 2.05) is 20.4 Å². The molecule has 0 aromatic carbocycles. The summed E-state index contributed by atoms with van der Waals surface area (Å²) in [5.41, 5.74) is 2.85. The van der Waals surface area contributed by atoms with Crippen molar-refractivity contribution in [2.75, 3.05) is 20.4 Å². The molecule has 0 heterocycles. The van der Waals surface area contributed by atoms with Gasteiger partial charge in [0.05, 0.1) is 0 Å². The van der Waals surface area contributed by atoms with Crippen molar-refractivity contribution in [3.05, 3.63) is 0 Å². The molecule has 0 fully saturated rings. The van der Waals surface area contributed by atoms with E-state index in [9.17, 15) is 0 Å². The number of thioether (sulfide) groups is 1. The molecule has 5 heteroatoms. The van der Waals surface area contributed by atoms with Crippen molar-refractivity contribution < 1.29 is 0 Å². The first-order valence-electron chi connectivity index (χ1n) is 2.65. The number of nitrogens with one attached hydrogen (secondary N) is 1. The summed E-state index contributed by atoms with van der Waals surface area (Å²) in [6.07, 6.45) is 3.56. The van der Waals surface area contributed by atoms with Gasteiger partial charge in [-0.15, -0.1) is 4.99 Å². The largest absolute Gasteiger partial charge is 0.297 e. The zero-order chi connectivity index (χ0) is 7.98. The maximum atomic E-state index is 8.17. The lowest BCUT2D eigenvalue weighted by Crippen LogP contribution is -2.34. The number of amidine groups is 1. The van der Waals surface area contributed by atoms with Gasteiger partial charge in [-0.25, -0.2) is 5.01 Å². The molecule has 0 saturated carbocycles. The van der Waals surface area contributed by atoms with E-state index in [0.717, 1.165) is 0 Å². The molecule has 56 valence electrons. The van der Waals surface area contributed by atoms with Crippen molar-refractivity contribution in [3.8, 4) is 6.19 Å². The molecule has 0 radical (unpaired) electrons. The highest BCUT2D eigenvalue weighted by molar-refractivity contribution is 8.13. The lowest BCUT2D eigenvalue weighted by Gasteiger charge is -2.11. The van der Waals surface area contributed by atoms with Crippen molar-refractivity contribution in [1.82, 2.24) is 10.4 Å². The van der Waals surface area contributed by atoms with Gasteiger partial charge in [0.25, 0.3) is 0 Å². The highest BCUT2D eigenvalue weighted by Crippen LogP contribution is 1.93. The third-order valence-corrected chi connectivity index (χ3v) is 1.23. The normalized spacial score (nSPS) is 11.3. The van der Waals surface area contributed by atoms with Crippen LogP contribution in [0.1, 0.15) is 0 Å². The fourth-order valence-electron chi connectivity index (χ4n) is 0.353. The minimum Gasteiger partial charge on any atom is -0.297 e. The van der Waals surface area contributed by atoms with Crippen molar-refractivity contribution in [3.63, 3.8) is 0 Å². The summed E-state index contributed by atoms with van der Waals surface area (Å²) in [5.74, 6) is 0. The van der Waals surface area contributed by atoms with E-state index >= 15 is 0 Å². The van der Waals surface area contributed by atoms with Gasteiger partial charge in [0.15, 0.2) is 5.17 Å². The van der Waals surface area contributed by atoms with Gasteiger partial charge in [-0.3, -0.25) is 5.43 Å². The van der Waals surface area contributed by atoms with Gasteiger partial charge in [0.2, 0.25) is 6.19 Å². The Morgan fingerprint density at radius 3 is 2.60 bits per heavy atom. The average Bonchev–Trinajstić information content (AvgIpc) is 1.86. The van der Waals surface area contributed by atoms with Crippen LogP contribution in [-0.2, 0) is 0 Å². The Morgan fingerprint density at radius 2 is 2.30 bits per heavy atom. The van der Waals surface area contributed by atoms with Gasteiger partial charge >= 0.3 is 0 Å². The third kappa shape index (κ3) is 4.18. The van der Waals surface area contributed by atoms with Gasteiger partial charge in [-0.05, 0) is 6.26 Å². The van der Waals surface area contributed by atoms with E-state index in [4.69, 9.17) is 5.26 Å². The predicted octanol–water partition coefficient (Wildman–Crippen LogP) is 0.253. The Labute approximate surface area is 64.9 Å². The second-order valence-electron chi connectivity index (χ2n) is 1.73. The van der Waals surface area contributed by atoms with Crippen LogP contribution in [0.5, 0.6) is 0 Å². The van der Waals surface area contributed by atoms with Crippen LogP contribution in [0.15, 0.2) is 4.99 Å². The molecule has 0 saturated heterocycles. The second-order valence-corrected chi connectivity index (χ2v) is 2.52. The number of nitriles is 1. The van der Waals surface area contributed by atoms with Crippen molar-refractivity contribution >= 4 is 16.9 Å². The summed E-state index contributed by atoms with van der Waals surface area (Å²) in [6, 6.07) is 0. The molecular formula is C5H10N4S. The molecule has 0 aliphatic rings. The molecule has 0 rings (SSSR count). The summed E-state index contributed by atoms with van der Waals surface area (Å²) in [5, 5.41) is 10.5. The highest BCUT2D eigenvalue weighted by Gasteiger charge is 1.94. The van der Waals surface area contributed by atoms with E-state index in [-0.39, 0.29) is 0 Å². The van der Waals surface area contributed by atoms with Crippen LogP contribution < -0.4 is 5.43 Å². The van der Waals surface area contributed by atoms with Crippen LogP contribution in [-0.4, -0.2) is 30.5 Å². The van der Waals surface area contributed by atoms with Gasteiger partial charge < -0.3 is 0 Å². The number of hydrazine groups is 1. The zero-order valence-electron chi connectivity index (χ0n) is 6.25. The van der Waals surface area contributed by atoms with E-state index in [2.05, 4.69) is 10.4 Å². The van der Waals surface area contributed by atoms with Gasteiger partial charge in [0.1, 0.15) is 0 Å². The zero-order valence-corrected chi connectivity index (χ0v) is 7.07. The summed E-state index contributed by atoms with van der Waals surface area (Å²) in [4.78, 5) is 3.52. The molecule has 4 nitrogen and oxygen atoms in total. The molecule has 0 atom stereocenters. The van der Waals surface area contributed by atoms with Crippen LogP contribution in [0.25, 0.3) is 0 Å². The van der Waals surface area contributed by atoms with Crippen molar-refractivity contribution in [1.29, 1.82) is 5.26 Å². The summed E-state index contributed by atoms with van der Waals surface area (Å²) < 4.78 is 0. The summed E-state index contributed by atoms with van der Waals surface area (Å²) in [7, 11) is 3.67. The predicted molar refractivity (Wildman–Crippen MR) is 43.4 cm³/mol. The quantitative estimate of drug-likeness (QED) is 0.257. The van der Waals surface area contributed by atoms with Gasteiger partial charge in [-0.1, -0.05) is 11.8 Å². The number of rotatable bonds is 1. The van der Waals surface area contributed by atoms with Crippen molar-refractivity contribution in [2.24, 2.45) is 4.99 Å². The van der Waals surface area contributed by atoms with Crippen molar-refractivity contribution in [2.45, 2.75) is 0 Å². The lowest BCUT2D eigenvalue weighted by atomic mass is 11.1. The Bertz CT molecular complexity index is 158. The molecule has 0 aliphatic heterocycles. The molecule has 0 bridgehead atoms. The SMILES string of the molecule is CSC(=NC#N)NN(C)C. The number of aliphatic imine (C=N–C) groups is 1. The minimum absolute atomic E-state index is 0.604. The molecule has 0 spiro atoms. The molecule has 0 aromatic rings. The maximum Gasteiger partial charge on any atom is 0.208 e. The summed E-state index contributed by atoms with van der Waals surface area (Å²) in [6.45, 7) is 0. The fraction of sp³-hybridized carbons (Fsp3) is 0.600. The van der Waals surface area contributed by atoms with Crippen LogP contribution in [0.3, 0.4) is 0 Å². The second kappa shape index (κ2) is 5.09. The molecule has 0 aromatic heterocycles. The van der Waals surface area contributed by atoms with Crippen LogP contribution in [0, 0.1) is 11.5 Å². The average molecular weight is 158 g/mol. The van der Waals surface area contributed by atoms with E-state index in [0.29, 0.717) is 5.17 Å². The van der Waals surface area contributed by atoms with Gasteiger partial charge in [-0.2, -0.15) is 5.26 Å². The summed E-state index contributed by atoms with van der Waals surface area (Å²) >= 11 is 1.40. The van der Waals surface area contributed by atoms with Crippen LogP contribution >= 0.6 is 11.8 Å². The third-order valence-electron chi connectivity index (χ3n) is 0.664. The van der Waals surface area contributed by atoms with E-state index in [1.54, 1.807) is 11.2 Å². The molecule has 10 heavy (non-hydrogen) atoms. The Balaban J connectivity index is 3.86. The number of nitrogens with zero attached hydrogens (tertiary/aromatic N) is 3. The Morgan fingerprint density at radius 1 is 1.70 bits per heavy atom. The smallest absolute Gasteiger partial charge is 0.208 e. The Kier molecular flexibility index (Phi) is 4.72.